The van der Waals surface area contributed by atoms with Crippen LogP contribution in [0, 0.1) is 0 Å². The Balaban J connectivity index is 1.49. The standard InChI is InChI=1S/C23H26ClN5O3/c1-27(2)18-4-3-10-28(14-18)21-8-7-20(23(31)26-21)29-11-9-19(12-22(29)30)32-15-17-6-5-16(24)13-25-17/h5-9,11-13,18H,3-4,10,14-15H2,1-2H3,(H,26,31). The molecule has 3 aromatic rings. The minimum absolute atomic E-state index is 0.208. The van der Waals surface area contributed by atoms with Gasteiger partial charge in [0.05, 0.1) is 10.7 Å². The highest BCUT2D eigenvalue weighted by molar-refractivity contribution is 6.30. The van der Waals surface area contributed by atoms with Crippen molar-refractivity contribution in [2.75, 3.05) is 32.1 Å². The van der Waals surface area contributed by atoms with Crippen LogP contribution in [0.3, 0.4) is 0 Å². The number of H-pyrrole nitrogens is 1. The molecule has 4 heterocycles. The molecule has 4 rings (SSSR count). The second-order valence-electron chi connectivity index (χ2n) is 8.09. The summed E-state index contributed by atoms with van der Waals surface area (Å²) in [4.78, 5) is 36.9. The average Bonchev–Trinajstić information content (AvgIpc) is 2.79. The summed E-state index contributed by atoms with van der Waals surface area (Å²) in [5.41, 5.74) is 0.303. The van der Waals surface area contributed by atoms with Crippen molar-refractivity contribution in [2.45, 2.75) is 25.5 Å². The first-order valence-corrected chi connectivity index (χ1v) is 10.9. The van der Waals surface area contributed by atoms with Gasteiger partial charge in [0.25, 0.3) is 11.1 Å². The van der Waals surface area contributed by atoms with Gasteiger partial charge in [-0.05, 0) is 57.3 Å². The van der Waals surface area contributed by atoms with E-state index in [-0.39, 0.29) is 23.4 Å². The first kappa shape index (κ1) is 22.1. The molecular weight excluding hydrogens is 430 g/mol. The number of hydrogen-bond donors (Lipinski definition) is 1. The average molecular weight is 456 g/mol. The highest BCUT2D eigenvalue weighted by Gasteiger charge is 2.22. The van der Waals surface area contributed by atoms with Gasteiger partial charge in [0, 0.05) is 37.6 Å². The number of halogens is 1. The molecule has 1 aliphatic heterocycles. The molecule has 0 aliphatic carbocycles. The van der Waals surface area contributed by atoms with Crippen LogP contribution in [0.25, 0.3) is 5.69 Å². The normalized spacial score (nSPS) is 16.4. The first-order chi connectivity index (χ1) is 15.4. The number of ether oxygens (including phenoxy) is 1. The highest BCUT2D eigenvalue weighted by atomic mass is 35.5. The number of pyridine rings is 3. The van der Waals surface area contributed by atoms with E-state index in [0.717, 1.165) is 31.7 Å². The molecule has 3 aromatic heterocycles. The lowest BCUT2D eigenvalue weighted by Crippen LogP contribution is -2.45. The molecule has 0 radical (unpaired) electrons. The van der Waals surface area contributed by atoms with E-state index in [1.807, 2.05) is 6.07 Å². The smallest absolute Gasteiger partial charge is 0.273 e. The molecule has 9 heteroatoms. The summed E-state index contributed by atoms with van der Waals surface area (Å²) in [5, 5.41) is 0.547. The van der Waals surface area contributed by atoms with Gasteiger partial charge < -0.3 is 19.5 Å². The zero-order valence-corrected chi connectivity index (χ0v) is 18.9. The van der Waals surface area contributed by atoms with Crippen molar-refractivity contribution >= 4 is 17.4 Å². The number of aromatic amines is 1. The number of rotatable bonds is 6. The van der Waals surface area contributed by atoms with Crippen LogP contribution in [0.2, 0.25) is 5.02 Å². The van der Waals surface area contributed by atoms with Gasteiger partial charge in [-0.3, -0.25) is 19.1 Å². The molecule has 1 unspecified atom stereocenters. The molecule has 168 valence electrons. The third-order valence-electron chi connectivity index (χ3n) is 5.67. The molecule has 1 aliphatic rings. The summed E-state index contributed by atoms with van der Waals surface area (Å²) < 4.78 is 6.96. The minimum Gasteiger partial charge on any atom is -0.487 e. The molecule has 32 heavy (non-hydrogen) atoms. The van der Waals surface area contributed by atoms with E-state index in [1.165, 1.54) is 10.6 Å². The molecule has 1 atom stereocenters. The maximum Gasteiger partial charge on any atom is 0.273 e. The summed E-state index contributed by atoms with van der Waals surface area (Å²) in [7, 11) is 4.15. The Morgan fingerprint density at radius 2 is 2.06 bits per heavy atom. The van der Waals surface area contributed by atoms with Crippen LogP contribution in [0.1, 0.15) is 18.5 Å². The van der Waals surface area contributed by atoms with Crippen molar-refractivity contribution in [3.63, 3.8) is 0 Å². The number of piperidine rings is 1. The summed E-state index contributed by atoms with van der Waals surface area (Å²) in [6.07, 6.45) is 5.29. The fraction of sp³-hybridized carbons (Fsp3) is 0.348. The van der Waals surface area contributed by atoms with Crippen molar-refractivity contribution in [1.29, 1.82) is 0 Å². The van der Waals surface area contributed by atoms with Gasteiger partial charge in [-0.1, -0.05) is 11.6 Å². The third-order valence-corrected chi connectivity index (χ3v) is 5.89. The van der Waals surface area contributed by atoms with Crippen LogP contribution in [0.15, 0.2) is 58.4 Å². The van der Waals surface area contributed by atoms with Crippen LogP contribution in [0.5, 0.6) is 5.75 Å². The SMILES string of the molecule is CN(C)C1CCCN(c2ccc(-n3ccc(OCc4ccc(Cl)cn4)cc3=O)c(=O)[nH]2)C1. The van der Waals surface area contributed by atoms with Gasteiger partial charge in [0.2, 0.25) is 0 Å². The van der Waals surface area contributed by atoms with Crippen LogP contribution >= 0.6 is 11.6 Å². The van der Waals surface area contributed by atoms with Gasteiger partial charge in [-0.25, -0.2) is 0 Å². The van der Waals surface area contributed by atoms with E-state index in [4.69, 9.17) is 16.3 Å². The van der Waals surface area contributed by atoms with Gasteiger partial charge >= 0.3 is 0 Å². The Morgan fingerprint density at radius 3 is 2.75 bits per heavy atom. The topological polar surface area (TPSA) is 83.5 Å². The van der Waals surface area contributed by atoms with E-state index >= 15 is 0 Å². The van der Waals surface area contributed by atoms with Gasteiger partial charge in [0.15, 0.2) is 0 Å². The summed E-state index contributed by atoms with van der Waals surface area (Å²) in [6.45, 7) is 1.96. The van der Waals surface area contributed by atoms with E-state index in [2.05, 4.69) is 33.9 Å². The van der Waals surface area contributed by atoms with Crippen molar-refractivity contribution in [1.82, 2.24) is 19.4 Å². The zero-order valence-electron chi connectivity index (χ0n) is 18.1. The Kier molecular flexibility index (Phi) is 6.62. The lowest BCUT2D eigenvalue weighted by atomic mass is 10.1. The second-order valence-corrected chi connectivity index (χ2v) is 8.53. The molecule has 0 spiro atoms. The largest absolute Gasteiger partial charge is 0.487 e. The summed E-state index contributed by atoms with van der Waals surface area (Å²) in [6, 6.07) is 10.5. The molecule has 1 N–H and O–H groups in total. The van der Waals surface area contributed by atoms with Gasteiger partial charge in [-0.2, -0.15) is 0 Å². The number of likely N-dealkylation sites (N-methyl/N-ethyl adjacent to an activating group) is 1. The molecule has 8 nitrogen and oxygen atoms in total. The number of aromatic nitrogens is 3. The van der Waals surface area contributed by atoms with Crippen LogP contribution in [0.4, 0.5) is 5.82 Å². The fourth-order valence-corrected chi connectivity index (χ4v) is 3.94. The predicted molar refractivity (Wildman–Crippen MR) is 125 cm³/mol. The van der Waals surface area contributed by atoms with E-state index in [9.17, 15) is 9.59 Å². The monoisotopic (exact) mass is 455 g/mol. The van der Waals surface area contributed by atoms with Crippen molar-refractivity contribution in [3.05, 3.63) is 80.2 Å². The summed E-state index contributed by atoms with van der Waals surface area (Å²) >= 11 is 5.83. The first-order valence-electron chi connectivity index (χ1n) is 10.5. The molecule has 0 amide bonds. The number of anilines is 1. The van der Waals surface area contributed by atoms with Crippen LogP contribution in [-0.2, 0) is 6.61 Å². The molecule has 0 aromatic carbocycles. The fourth-order valence-electron chi connectivity index (χ4n) is 3.82. The zero-order chi connectivity index (χ0) is 22.7. The van der Waals surface area contributed by atoms with Crippen molar-refractivity contribution < 1.29 is 4.74 Å². The molecule has 0 saturated carbocycles. The van der Waals surface area contributed by atoms with Crippen molar-refractivity contribution in [3.8, 4) is 11.4 Å². The Morgan fingerprint density at radius 1 is 1.22 bits per heavy atom. The van der Waals surface area contributed by atoms with Gasteiger partial charge in [-0.15, -0.1) is 0 Å². The van der Waals surface area contributed by atoms with E-state index in [1.54, 1.807) is 36.7 Å². The molecule has 1 saturated heterocycles. The Bertz CT molecular complexity index is 1190. The second kappa shape index (κ2) is 9.58. The Labute approximate surface area is 191 Å². The van der Waals surface area contributed by atoms with Crippen LogP contribution < -0.4 is 20.8 Å². The van der Waals surface area contributed by atoms with Gasteiger partial charge in [0.1, 0.15) is 23.9 Å². The van der Waals surface area contributed by atoms with E-state index < -0.39 is 0 Å². The lowest BCUT2D eigenvalue weighted by molar-refractivity contribution is 0.257. The maximum atomic E-state index is 12.8. The Hall–Kier alpha value is -3.10. The number of nitrogens with one attached hydrogen (secondary N) is 1. The molecule has 1 fully saturated rings. The molecule has 0 bridgehead atoms. The molecular formula is C23H26ClN5O3. The predicted octanol–water partition coefficient (Wildman–Crippen LogP) is 2.68. The van der Waals surface area contributed by atoms with Crippen molar-refractivity contribution in [2.24, 2.45) is 0 Å². The quantitative estimate of drug-likeness (QED) is 0.615. The summed E-state index contributed by atoms with van der Waals surface area (Å²) in [5.74, 6) is 1.17. The van der Waals surface area contributed by atoms with Crippen LogP contribution in [-0.4, -0.2) is 52.7 Å². The highest BCUT2D eigenvalue weighted by Crippen LogP contribution is 2.19. The third kappa shape index (κ3) is 5.03. The minimum atomic E-state index is -0.351. The number of nitrogens with zero attached hydrogens (tertiary/aromatic N) is 4. The lowest BCUT2D eigenvalue weighted by Gasteiger charge is -2.37. The number of hydrogen-bond acceptors (Lipinski definition) is 6. The maximum absolute atomic E-state index is 12.8. The van der Waals surface area contributed by atoms with E-state index in [0.29, 0.717) is 22.5 Å².